The fourth-order valence-electron chi connectivity index (χ4n) is 3.40. The predicted molar refractivity (Wildman–Crippen MR) is 87.2 cm³/mol. The zero-order valence-electron chi connectivity index (χ0n) is 13.2. The van der Waals surface area contributed by atoms with Crippen LogP contribution in [0.25, 0.3) is 11.1 Å². The molecule has 0 bridgehead atoms. The molecule has 2 aromatic heterocycles. The molecule has 1 aromatic carbocycles. The van der Waals surface area contributed by atoms with E-state index in [0.717, 1.165) is 38.0 Å². The Morgan fingerprint density at radius 2 is 2.13 bits per heavy atom. The van der Waals surface area contributed by atoms with E-state index < -0.39 is 0 Å². The Labute approximate surface area is 134 Å². The van der Waals surface area contributed by atoms with Crippen LogP contribution in [0, 0.1) is 0 Å². The molecule has 0 saturated carbocycles. The molecule has 0 amide bonds. The molecule has 1 aliphatic heterocycles. The van der Waals surface area contributed by atoms with Gasteiger partial charge in [0.2, 0.25) is 0 Å². The number of fused-ring (bicyclic) bond motifs is 1. The van der Waals surface area contributed by atoms with E-state index in [1.807, 2.05) is 30.9 Å². The molecule has 3 heterocycles. The number of piperidine rings is 1. The number of hydrogen-bond donors (Lipinski definition) is 0. The van der Waals surface area contributed by atoms with Crippen LogP contribution in [0.2, 0.25) is 0 Å². The highest BCUT2D eigenvalue weighted by Crippen LogP contribution is 2.24. The Morgan fingerprint density at radius 1 is 1.30 bits per heavy atom. The molecule has 0 spiro atoms. The Kier molecular flexibility index (Phi) is 3.53. The van der Waals surface area contributed by atoms with Crippen molar-refractivity contribution < 1.29 is 4.42 Å². The van der Waals surface area contributed by atoms with Gasteiger partial charge in [0, 0.05) is 45.1 Å². The average molecular weight is 312 g/mol. The number of nitrogens with zero attached hydrogens (tertiary/aromatic N) is 4. The first-order chi connectivity index (χ1) is 11.2. The highest BCUT2D eigenvalue weighted by Gasteiger charge is 2.20. The van der Waals surface area contributed by atoms with Crippen molar-refractivity contribution in [3.05, 3.63) is 53.0 Å². The summed E-state index contributed by atoms with van der Waals surface area (Å²) in [4.78, 5) is 18.2. The highest BCUT2D eigenvalue weighted by atomic mass is 16.4. The van der Waals surface area contributed by atoms with E-state index in [9.17, 15) is 4.79 Å². The lowest BCUT2D eigenvalue weighted by atomic mass is 10.0. The van der Waals surface area contributed by atoms with E-state index >= 15 is 0 Å². The normalized spacial score (nSPS) is 17.1. The second-order valence-electron chi connectivity index (χ2n) is 6.25. The monoisotopic (exact) mass is 312 g/mol. The van der Waals surface area contributed by atoms with Gasteiger partial charge in [-0.2, -0.15) is 0 Å². The van der Waals surface area contributed by atoms with Crippen molar-refractivity contribution in [2.75, 3.05) is 13.1 Å². The van der Waals surface area contributed by atoms with Crippen LogP contribution in [0.15, 0.2) is 46.1 Å². The molecule has 3 aromatic rings. The van der Waals surface area contributed by atoms with Crippen molar-refractivity contribution >= 4 is 11.1 Å². The number of oxazole rings is 1. The lowest BCUT2D eigenvalue weighted by Gasteiger charge is -2.32. The second-order valence-corrected chi connectivity index (χ2v) is 6.25. The van der Waals surface area contributed by atoms with Crippen LogP contribution in [0.4, 0.5) is 0 Å². The molecule has 1 aliphatic rings. The van der Waals surface area contributed by atoms with E-state index in [4.69, 9.17) is 4.42 Å². The highest BCUT2D eigenvalue weighted by molar-refractivity contribution is 5.73. The van der Waals surface area contributed by atoms with Crippen molar-refractivity contribution in [3.63, 3.8) is 0 Å². The summed E-state index contributed by atoms with van der Waals surface area (Å²) in [5.74, 6) is -0.307. The number of likely N-dealkylation sites (tertiary alicyclic amines) is 1. The molecule has 4 rings (SSSR count). The predicted octanol–water partition coefficient (Wildman–Crippen LogP) is 2.17. The summed E-state index contributed by atoms with van der Waals surface area (Å²) in [5.41, 5.74) is 2.70. The third-order valence-corrected chi connectivity index (χ3v) is 4.77. The van der Waals surface area contributed by atoms with Crippen LogP contribution in [-0.4, -0.2) is 32.1 Å². The molecule has 0 N–H and O–H groups in total. The summed E-state index contributed by atoms with van der Waals surface area (Å²) < 4.78 is 9.02. The molecule has 0 unspecified atom stereocenters. The fraction of sp³-hybridized carbons (Fsp3) is 0.412. The Hall–Kier alpha value is -2.34. The van der Waals surface area contributed by atoms with Gasteiger partial charge in [0.25, 0.3) is 0 Å². The first-order valence-corrected chi connectivity index (χ1v) is 7.99. The molecule has 0 atom stereocenters. The number of rotatable bonds is 3. The molecule has 0 aliphatic carbocycles. The van der Waals surface area contributed by atoms with Crippen LogP contribution in [0.5, 0.6) is 0 Å². The van der Waals surface area contributed by atoms with Gasteiger partial charge in [-0.3, -0.25) is 9.47 Å². The van der Waals surface area contributed by atoms with E-state index in [1.54, 1.807) is 7.05 Å². The quantitative estimate of drug-likeness (QED) is 0.744. The zero-order chi connectivity index (χ0) is 15.8. The topological polar surface area (TPSA) is 56.2 Å². The van der Waals surface area contributed by atoms with Gasteiger partial charge in [-0.1, -0.05) is 6.07 Å². The van der Waals surface area contributed by atoms with Crippen LogP contribution in [0.1, 0.15) is 24.4 Å². The van der Waals surface area contributed by atoms with Crippen molar-refractivity contribution in [1.29, 1.82) is 0 Å². The lowest BCUT2D eigenvalue weighted by molar-refractivity contribution is 0.179. The Bertz CT molecular complexity index is 854. The molecular formula is C17H20N4O2. The van der Waals surface area contributed by atoms with E-state index in [0.29, 0.717) is 11.6 Å². The summed E-state index contributed by atoms with van der Waals surface area (Å²) in [6.45, 7) is 3.03. The molecule has 1 fully saturated rings. The van der Waals surface area contributed by atoms with E-state index in [-0.39, 0.29) is 5.76 Å². The van der Waals surface area contributed by atoms with Gasteiger partial charge in [-0.15, -0.1) is 0 Å². The minimum Gasteiger partial charge on any atom is -0.408 e. The van der Waals surface area contributed by atoms with Gasteiger partial charge in [-0.05, 0) is 30.5 Å². The minimum atomic E-state index is -0.307. The van der Waals surface area contributed by atoms with Gasteiger partial charge in [0.05, 0.1) is 11.8 Å². The van der Waals surface area contributed by atoms with Crippen LogP contribution in [-0.2, 0) is 13.6 Å². The Balaban J connectivity index is 1.44. The third-order valence-electron chi connectivity index (χ3n) is 4.77. The Morgan fingerprint density at radius 3 is 2.87 bits per heavy atom. The summed E-state index contributed by atoms with van der Waals surface area (Å²) in [6.07, 6.45) is 8.07. The van der Waals surface area contributed by atoms with Crippen molar-refractivity contribution in [2.24, 2.45) is 7.05 Å². The molecule has 0 radical (unpaired) electrons. The third kappa shape index (κ3) is 2.70. The van der Waals surface area contributed by atoms with Gasteiger partial charge >= 0.3 is 5.76 Å². The maximum Gasteiger partial charge on any atom is 0.419 e. The summed E-state index contributed by atoms with van der Waals surface area (Å²) in [7, 11) is 1.73. The molecule has 1 saturated heterocycles. The first-order valence-electron chi connectivity index (χ1n) is 7.99. The fourth-order valence-corrected chi connectivity index (χ4v) is 3.40. The van der Waals surface area contributed by atoms with E-state index in [1.165, 1.54) is 10.1 Å². The number of aryl methyl sites for hydroxylation is 1. The van der Waals surface area contributed by atoms with Crippen LogP contribution >= 0.6 is 0 Å². The summed E-state index contributed by atoms with van der Waals surface area (Å²) in [5, 5.41) is 0. The molecular weight excluding hydrogens is 292 g/mol. The average Bonchev–Trinajstić information content (AvgIpc) is 3.18. The largest absolute Gasteiger partial charge is 0.419 e. The lowest BCUT2D eigenvalue weighted by Crippen LogP contribution is -2.33. The smallest absolute Gasteiger partial charge is 0.408 e. The van der Waals surface area contributed by atoms with Crippen molar-refractivity contribution in [2.45, 2.75) is 25.4 Å². The van der Waals surface area contributed by atoms with Crippen molar-refractivity contribution in [3.8, 4) is 0 Å². The SMILES string of the molecule is Cn1c(=O)oc2cc(CN3CCC(n4ccnc4)CC3)ccc21. The molecule has 6 nitrogen and oxygen atoms in total. The van der Waals surface area contributed by atoms with Gasteiger partial charge in [0.15, 0.2) is 5.58 Å². The number of benzene rings is 1. The van der Waals surface area contributed by atoms with E-state index in [2.05, 4.69) is 20.5 Å². The standard InChI is InChI=1S/C17H20N4O2/c1-19-15-3-2-13(10-16(15)23-17(19)22)11-20-7-4-14(5-8-20)21-9-6-18-12-21/h2-3,6,9-10,12,14H,4-5,7-8,11H2,1H3. The molecule has 23 heavy (non-hydrogen) atoms. The first kappa shape index (κ1) is 14.3. The maximum absolute atomic E-state index is 11.6. The molecule has 6 heteroatoms. The van der Waals surface area contributed by atoms with Crippen molar-refractivity contribution in [1.82, 2.24) is 19.0 Å². The minimum absolute atomic E-state index is 0.307. The maximum atomic E-state index is 11.6. The summed E-state index contributed by atoms with van der Waals surface area (Å²) >= 11 is 0. The molecule has 120 valence electrons. The summed E-state index contributed by atoms with van der Waals surface area (Å²) in [6, 6.07) is 6.59. The number of hydrogen-bond acceptors (Lipinski definition) is 4. The van der Waals surface area contributed by atoms with Crippen LogP contribution in [0.3, 0.4) is 0 Å². The van der Waals surface area contributed by atoms with Gasteiger partial charge in [-0.25, -0.2) is 9.78 Å². The van der Waals surface area contributed by atoms with Crippen LogP contribution < -0.4 is 5.76 Å². The number of aromatic nitrogens is 3. The number of imidazole rings is 1. The van der Waals surface area contributed by atoms with Gasteiger partial charge in [0.1, 0.15) is 0 Å². The second kappa shape index (κ2) is 5.70. The zero-order valence-corrected chi connectivity index (χ0v) is 13.2. The van der Waals surface area contributed by atoms with Gasteiger partial charge < -0.3 is 8.98 Å².